The van der Waals surface area contributed by atoms with Crippen LogP contribution in [0.4, 0.5) is 0 Å². The van der Waals surface area contributed by atoms with E-state index >= 15 is 0 Å². The Labute approximate surface area is 175 Å². The first-order chi connectivity index (χ1) is 14.4. The minimum Gasteiger partial charge on any atom is -0.364 e. The summed E-state index contributed by atoms with van der Waals surface area (Å²) in [6.45, 7) is 4.09. The zero-order valence-corrected chi connectivity index (χ0v) is 17.3. The lowest BCUT2D eigenvalue weighted by atomic mass is 10.0. The highest BCUT2D eigenvalue weighted by atomic mass is 16.2. The number of pyridine rings is 1. The number of primary amides is 1. The van der Waals surface area contributed by atoms with Crippen molar-refractivity contribution in [2.45, 2.75) is 33.2 Å². The van der Waals surface area contributed by atoms with Crippen molar-refractivity contribution in [3.05, 3.63) is 54.4 Å². The molecule has 1 atom stereocenters. The SMILES string of the molecule is CC[C@H](C)C(=O)C(=O)NCCc1c(-c2ccc[n+](CC(N)=O)c2)[nH]c2ccccc12. The number of rotatable bonds is 9. The summed E-state index contributed by atoms with van der Waals surface area (Å²) in [5.74, 6) is -1.61. The summed E-state index contributed by atoms with van der Waals surface area (Å²) in [4.78, 5) is 38.9. The van der Waals surface area contributed by atoms with Gasteiger partial charge in [0.1, 0.15) is 0 Å². The van der Waals surface area contributed by atoms with Gasteiger partial charge in [0.15, 0.2) is 12.4 Å². The first-order valence-corrected chi connectivity index (χ1v) is 10.1. The monoisotopic (exact) mass is 407 g/mol. The van der Waals surface area contributed by atoms with Gasteiger partial charge in [-0.1, -0.05) is 32.0 Å². The highest BCUT2D eigenvalue weighted by Crippen LogP contribution is 2.30. The second kappa shape index (κ2) is 9.35. The van der Waals surface area contributed by atoms with E-state index in [-0.39, 0.29) is 18.2 Å². The Hall–Kier alpha value is -3.48. The van der Waals surface area contributed by atoms with Gasteiger partial charge in [-0.3, -0.25) is 14.4 Å². The molecule has 0 aliphatic rings. The van der Waals surface area contributed by atoms with Gasteiger partial charge in [0, 0.05) is 29.4 Å². The third-order valence-electron chi connectivity index (χ3n) is 5.24. The Morgan fingerprint density at radius 3 is 2.67 bits per heavy atom. The van der Waals surface area contributed by atoms with Crippen molar-refractivity contribution in [3.63, 3.8) is 0 Å². The topological polar surface area (TPSA) is 109 Å². The number of Topliss-reactive ketones (excluding diaryl/α,β-unsaturated/α-hetero) is 1. The van der Waals surface area contributed by atoms with Gasteiger partial charge < -0.3 is 16.0 Å². The van der Waals surface area contributed by atoms with Crippen LogP contribution in [0.1, 0.15) is 25.8 Å². The van der Waals surface area contributed by atoms with Crippen LogP contribution in [0.2, 0.25) is 0 Å². The molecule has 156 valence electrons. The number of hydrogen-bond acceptors (Lipinski definition) is 3. The number of nitrogens with zero attached hydrogens (tertiary/aromatic N) is 1. The van der Waals surface area contributed by atoms with Crippen LogP contribution in [0.5, 0.6) is 0 Å². The molecule has 0 aliphatic heterocycles. The maximum Gasteiger partial charge on any atom is 0.287 e. The van der Waals surface area contributed by atoms with Gasteiger partial charge in [-0.15, -0.1) is 0 Å². The predicted octanol–water partition coefficient (Wildman–Crippen LogP) is 1.88. The molecule has 2 amide bonds. The van der Waals surface area contributed by atoms with Crippen LogP contribution >= 0.6 is 0 Å². The number of aromatic nitrogens is 2. The number of carbonyl (C=O) groups excluding carboxylic acids is 3. The molecule has 0 radical (unpaired) electrons. The van der Waals surface area contributed by atoms with E-state index in [9.17, 15) is 14.4 Å². The molecule has 3 aromatic rings. The number of nitrogens with one attached hydrogen (secondary N) is 2. The van der Waals surface area contributed by atoms with Crippen molar-refractivity contribution in [1.82, 2.24) is 10.3 Å². The van der Waals surface area contributed by atoms with E-state index < -0.39 is 11.8 Å². The van der Waals surface area contributed by atoms with E-state index in [2.05, 4.69) is 10.3 Å². The zero-order chi connectivity index (χ0) is 21.7. The number of ketones is 1. The molecule has 0 saturated carbocycles. The van der Waals surface area contributed by atoms with E-state index in [4.69, 9.17) is 5.73 Å². The number of benzene rings is 1. The fourth-order valence-electron chi connectivity index (χ4n) is 3.45. The molecule has 4 N–H and O–H groups in total. The van der Waals surface area contributed by atoms with Gasteiger partial charge in [-0.2, -0.15) is 4.57 Å². The molecular formula is C23H27N4O3+. The maximum atomic E-state index is 12.1. The normalized spacial score (nSPS) is 11.9. The van der Waals surface area contributed by atoms with Crippen molar-refractivity contribution in [1.29, 1.82) is 0 Å². The number of nitrogens with two attached hydrogens (primary N) is 1. The summed E-state index contributed by atoms with van der Waals surface area (Å²) in [5, 5.41) is 3.80. The molecule has 2 heterocycles. The molecule has 0 fully saturated rings. The third kappa shape index (κ3) is 4.74. The molecule has 0 spiro atoms. The molecule has 2 aromatic heterocycles. The van der Waals surface area contributed by atoms with Gasteiger partial charge in [-0.05, 0) is 30.5 Å². The van der Waals surface area contributed by atoms with Gasteiger partial charge in [-0.25, -0.2) is 0 Å². The second-order valence-corrected chi connectivity index (χ2v) is 7.43. The summed E-state index contributed by atoms with van der Waals surface area (Å²) < 4.78 is 1.74. The molecule has 3 rings (SSSR count). The molecule has 0 saturated heterocycles. The first kappa shape index (κ1) is 21.2. The van der Waals surface area contributed by atoms with Crippen molar-refractivity contribution < 1.29 is 19.0 Å². The summed E-state index contributed by atoms with van der Waals surface area (Å²) in [7, 11) is 0. The van der Waals surface area contributed by atoms with Crippen molar-refractivity contribution in [3.8, 4) is 11.3 Å². The average molecular weight is 407 g/mol. The third-order valence-corrected chi connectivity index (χ3v) is 5.24. The Morgan fingerprint density at radius 1 is 1.17 bits per heavy atom. The van der Waals surface area contributed by atoms with Crippen LogP contribution in [0.3, 0.4) is 0 Å². The van der Waals surface area contributed by atoms with Crippen LogP contribution in [-0.4, -0.2) is 29.1 Å². The minimum atomic E-state index is -0.537. The Morgan fingerprint density at radius 2 is 1.93 bits per heavy atom. The fraction of sp³-hybridized carbons (Fsp3) is 0.304. The van der Waals surface area contributed by atoms with Crippen LogP contribution in [0.25, 0.3) is 22.2 Å². The van der Waals surface area contributed by atoms with E-state index in [0.29, 0.717) is 19.4 Å². The molecular weight excluding hydrogens is 380 g/mol. The van der Waals surface area contributed by atoms with Crippen LogP contribution in [0.15, 0.2) is 48.8 Å². The smallest absolute Gasteiger partial charge is 0.287 e. The van der Waals surface area contributed by atoms with E-state index in [1.165, 1.54) is 0 Å². The van der Waals surface area contributed by atoms with Crippen molar-refractivity contribution >= 4 is 28.5 Å². The van der Waals surface area contributed by atoms with Crippen molar-refractivity contribution in [2.24, 2.45) is 11.7 Å². The van der Waals surface area contributed by atoms with Gasteiger partial charge in [0.2, 0.25) is 12.3 Å². The Bertz CT molecular complexity index is 1090. The lowest BCUT2D eigenvalue weighted by Crippen LogP contribution is -2.40. The van der Waals surface area contributed by atoms with E-state index in [1.807, 2.05) is 49.5 Å². The van der Waals surface area contributed by atoms with Crippen molar-refractivity contribution in [2.75, 3.05) is 6.54 Å². The number of carbonyl (C=O) groups is 3. The predicted molar refractivity (Wildman–Crippen MR) is 114 cm³/mol. The Balaban J connectivity index is 1.87. The molecule has 0 bridgehead atoms. The Kier molecular flexibility index (Phi) is 6.61. The average Bonchev–Trinajstić information content (AvgIpc) is 3.11. The van der Waals surface area contributed by atoms with Crippen LogP contribution in [0, 0.1) is 5.92 Å². The van der Waals surface area contributed by atoms with Gasteiger partial charge in [0.05, 0.1) is 11.3 Å². The molecule has 30 heavy (non-hydrogen) atoms. The second-order valence-electron chi connectivity index (χ2n) is 7.43. The zero-order valence-electron chi connectivity index (χ0n) is 17.3. The lowest BCUT2D eigenvalue weighted by Gasteiger charge is -2.09. The summed E-state index contributed by atoms with van der Waals surface area (Å²) in [6.07, 6.45) is 4.85. The van der Waals surface area contributed by atoms with E-state index in [0.717, 1.165) is 27.7 Å². The molecule has 7 nitrogen and oxygen atoms in total. The highest BCUT2D eigenvalue weighted by Gasteiger charge is 2.20. The summed E-state index contributed by atoms with van der Waals surface area (Å²) >= 11 is 0. The first-order valence-electron chi connectivity index (χ1n) is 10.1. The number of amides is 2. The molecule has 0 aliphatic carbocycles. The number of fused-ring (bicyclic) bond motifs is 1. The summed E-state index contributed by atoms with van der Waals surface area (Å²) in [6, 6.07) is 11.8. The number of aromatic amines is 1. The highest BCUT2D eigenvalue weighted by molar-refractivity contribution is 6.36. The largest absolute Gasteiger partial charge is 0.364 e. The number of H-pyrrole nitrogens is 1. The van der Waals surface area contributed by atoms with Crippen LogP contribution < -0.4 is 15.6 Å². The van der Waals surface area contributed by atoms with Gasteiger partial charge in [0.25, 0.3) is 11.8 Å². The lowest BCUT2D eigenvalue weighted by molar-refractivity contribution is -0.683. The van der Waals surface area contributed by atoms with E-state index in [1.54, 1.807) is 17.7 Å². The molecule has 1 aromatic carbocycles. The summed E-state index contributed by atoms with van der Waals surface area (Å²) in [5.41, 5.74) is 9.16. The fourth-order valence-corrected chi connectivity index (χ4v) is 3.45. The molecule has 7 heteroatoms. The standard InChI is InChI=1S/C23H26N4O3/c1-3-15(2)22(29)23(30)25-11-10-18-17-8-4-5-9-19(17)26-21(18)16-7-6-12-27(13-16)14-20(24)28/h4-9,12-13,15,26H,3,10-11,14H2,1-2H3,(H2-,24,25,28,30)/p+1/t15-/m0/s1. The van der Waals surface area contributed by atoms with Crippen LogP contribution in [-0.2, 0) is 27.3 Å². The number of para-hydroxylation sites is 1. The van der Waals surface area contributed by atoms with Gasteiger partial charge >= 0.3 is 0 Å². The molecule has 0 unspecified atom stereocenters. The quantitative estimate of drug-likeness (QED) is 0.372. The number of hydrogen-bond donors (Lipinski definition) is 3. The maximum absolute atomic E-state index is 12.1. The minimum absolute atomic E-state index is 0.0944.